The molecule has 0 aliphatic rings. The molecule has 26 heavy (non-hydrogen) atoms. The molecule has 0 bridgehead atoms. The molecular weight excluding hydrogens is 354 g/mol. The monoisotopic (exact) mass is 369 g/mol. The molecule has 4 rings (SSSR count). The first-order valence-electron chi connectivity index (χ1n) is 8.15. The van der Waals surface area contributed by atoms with Gasteiger partial charge in [-0.05, 0) is 32.4 Å². The molecule has 0 fully saturated rings. The smallest absolute Gasteiger partial charge is 0.263 e. The molecule has 7 nitrogen and oxygen atoms in total. The number of nitrogens with one attached hydrogen (secondary N) is 1. The summed E-state index contributed by atoms with van der Waals surface area (Å²) in [4.78, 5) is 8.52. The quantitative estimate of drug-likeness (QED) is 0.563. The average Bonchev–Trinajstić information content (AvgIpc) is 3.20. The van der Waals surface area contributed by atoms with Crippen molar-refractivity contribution in [2.24, 2.45) is 0 Å². The largest absolute Gasteiger partial charge is 0.369 e. The maximum absolute atomic E-state index is 6.10. The van der Waals surface area contributed by atoms with Gasteiger partial charge in [-0.2, -0.15) is 4.98 Å². The third-order valence-electron chi connectivity index (χ3n) is 4.22. The number of aryl methyl sites for hydroxylation is 2. The van der Waals surface area contributed by atoms with Crippen molar-refractivity contribution in [2.75, 3.05) is 11.9 Å². The number of rotatable bonds is 5. The van der Waals surface area contributed by atoms with Crippen molar-refractivity contribution in [3.05, 3.63) is 52.6 Å². The van der Waals surface area contributed by atoms with Crippen LogP contribution in [0.25, 0.3) is 22.4 Å². The summed E-state index contributed by atoms with van der Waals surface area (Å²) in [5, 5.41) is 12.8. The van der Waals surface area contributed by atoms with Crippen LogP contribution in [0.1, 0.15) is 17.0 Å². The van der Waals surface area contributed by atoms with Crippen LogP contribution in [0.4, 0.5) is 5.82 Å². The normalized spacial score (nSPS) is 11.2. The van der Waals surface area contributed by atoms with Gasteiger partial charge in [-0.3, -0.25) is 0 Å². The Morgan fingerprint density at radius 1 is 1.12 bits per heavy atom. The fourth-order valence-electron chi connectivity index (χ4n) is 2.92. The minimum Gasteiger partial charge on any atom is -0.369 e. The van der Waals surface area contributed by atoms with Gasteiger partial charge in [-0.15, -0.1) is 0 Å². The number of benzene rings is 1. The number of hydrogen-bond donors (Lipinski definition) is 1. The van der Waals surface area contributed by atoms with Crippen molar-refractivity contribution < 1.29 is 9.05 Å². The summed E-state index contributed by atoms with van der Waals surface area (Å²) in [6, 6.07) is 7.43. The number of aromatic nitrogens is 4. The van der Waals surface area contributed by atoms with Gasteiger partial charge in [0.25, 0.3) is 5.71 Å². The Balaban J connectivity index is 1.64. The molecule has 0 aliphatic heterocycles. The fourth-order valence-corrected chi connectivity index (χ4v) is 3.11. The highest BCUT2D eigenvalue weighted by molar-refractivity contribution is 6.30. The lowest BCUT2D eigenvalue weighted by atomic mass is 10.1. The van der Waals surface area contributed by atoms with Gasteiger partial charge in [-0.1, -0.05) is 34.0 Å². The van der Waals surface area contributed by atoms with Crippen molar-refractivity contribution in [1.82, 2.24) is 20.3 Å². The van der Waals surface area contributed by atoms with E-state index in [9.17, 15) is 0 Å². The van der Waals surface area contributed by atoms with E-state index in [-0.39, 0.29) is 0 Å². The van der Waals surface area contributed by atoms with Crippen LogP contribution in [-0.2, 0) is 6.42 Å². The van der Waals surface area contributed by atoms with E-state index < -0.39 is 0 Å². The molecule has 0 aliphatic carbocycles. The Morgan fingerprint density at radius 2 is 2.00 bits per heavy atom. The second-order valence-corrected chi connectivity index (χ2v) is 6.36. The van der Waals surface area contributed by atoms with Gasteiger partial charge in [-0.25, -0.2) is 4.98 Å². The average molecular weight is 370 g/mol. The Bertz CT molecular complexity index is 1050. The third kappa shape index (κ3) is 3.01. The molecule has 0 atom stereocenters. The standard InChI is InChI=1S/C18H16ClN5O2/c1-10-14(11(2)25-23-10)6-7-20-17-15-16(12-4-3-5-13(19)8-12)24-26-18(15)22-9-21-17/h3-5,8-9H,6-7H2,1-2H3,(H,20,21,22). The summed E-state index contributed by atoms with van der Waals surface area (Å²) in [7, 11) is 0. The molecule has 132 valence electrons. The van der Waals surface area contributed by atoms with E-state index >= 15 is 0 Å². The second kappa shape index (κ2) is 6.76. The van der Waals surface area contributed by atoms with E-state index in [4.69, 9.17) is 20.6 Å². The first-order valence-corrected chi connectivity index (χ1v) is 8.53. The van der Waals surface area contributed by atoms with E-state index in [0.29, 0.717) is 28.8 Å². The molecule has 8 heteroatoms. The zero-order valence-corrected chi connectivity index (χ0v) is 15.0. The molecule has 1 N–H and O–H groups in total. The van der Waals surface area contributed by atoms with Crippen LogP contribution in [0.15, 0.2) is 39.6 Å². The molecular formula is C18H16ClN5O2. The highest BCUT2D eigenvalue weighted by Crippen LogP contribution is 2.32. The predicted molar refractivity (Wildman–Crippen MR) is 98.2 cm³/mol. The van der Waals surface area contributed by atoms with Crippen LogP contribution in [-0.4, -0.2) is 26.8 Å². The zero-order valence-electron chi connectivity index (χ0n) is 14.3. The summed E-state index contributed by atoms with van der Waals surface area (Å²) in [5.74, 6) is 1.50. The van der Waals surface area contributed by atoms with E-state index in [1.807, 2.05) is 38.1 Å². The van der Waals surface area contributed by atoms with Gasteiger partial charge in [0.15, 0.2) is 0 Å². The lowest BCUT2D eigenvalue weighted by molar-refractivity contribution is 0.392. The highest BCUT2D eigenvalue weighted by Gasteiger charge is 2.17. The topological polar surface area (TPSA) is 89.9 Å². The van der Waals surface area contributed by atoms with E-state index in [2.05, 4.69) is 25.6 Å². The number of hydrogen-bond acceptors (Lipinski definition) is 7. The predicted octanol–water partition coefficient (Wildman–Crippen LogP) is 4.20. The van der Waals surface area contributed by atoms with Gasteiger partial charge >= 0.3 is 0 Å². The Labute approximate surface area is 154 Å². The van der Waals surface area contributed by atoms with Gasteiger partial charge in [0.05, 0.1) is 5.69 Å². The van der Waals surface area contributed by atoms with Crippen molar-refractivity contribution in [1.29, 1.82) is 0 Å². The molecule has 0 unspecified atom stereocenters. The zero-order chi connectivity index (χ0) is 18.1. The van der Waals surface area contributed by atoms with Crippen molar-refractivity contribution in [3.63, 3.8) is 0 Å². The van der Waals surface area contributed by atoms with Gasteiger partial charge < -0.3 is 14.4 Å². The molecule has 0 saturated heterocycles. The number of halogens is 1. The first kappa shape index (κ1) is 16.5. The Hall–Kier alpha value is -2.93. The van der Waals surface area contributed by atoms with Gasteiger partial charge in [0, 0.05) is 22.7 Å². The first-order chi connectivity index (χ1) is 12.6. The van der Waals surface area contributed by atoms with Crippen molar-refractivity contribution >= 4 is 28.5 Å². The van der Waals surface area contributed by atoms with E-state index in [1.165, 1.54) is 6.33 Å². The summed E-state index contributed by atoms with van der Waals surface area (Å²) in [5.41, 5.74) is 3.93. The van der Waals surface area contributed by atoms with Gasteiger partial charge in [0.2, 0.25) is 0 Å². The number of nitrogens with zero attached hydrogens (tertiary/aromatic N) is 4. The summed E-state index contributed by atoms with van der Waals surface area (Å²) >= 11 is 6.10. The summed E-state index contributed by atoms with van der Waals surface area (Å²) in [6.45, 7) is 4.51. The van der Waals surface area contributed by atoms with Crippen LogP contribution in [0.5, 0.6) is 0 Å². The number of anilines is 1. The molecule has 3 aromatic heterocycles. The van der Waals surface area contributed by atoms with Crippen LogP contribution < -0.4 is 5.32 Å². The Kier molecular flexibility index (Phi) is 4.30. The molecule has 3 heterocycles. The molecule has 0 saturated carbocycles. The lowest BCUT2D eigenvalue weighted by Crippen LogP contribution is -2.08. The summed E-state index contributed by atoms with van der Waals surface area (Å²) in [6.07, 6.45) is 2.22. The van der Waals surface area contributed by atoms with E-state index in [1.54, 1.807) is 0 Å². The van der Waals surface area contributed by atoms with Gasteiger partial charge in [0.1, 0.15) is 29.0 Å². The second-order valence-electron chi connectivity index (χ2n) is 5.92. The Morgan fingerprint density at radius 3 is 2.77 bits per heavy atom. The molecule has 0 amide bonds. The molecule has 0 radical (unpaired) electrons. The minimum atomic E-state index is 0.426. The maximum atomic E-state index is 6.10. The summed E-state index contributed by atoms with van der Waals surface area (Å²) < 4.78 is 10.6. The molecule has 1 aromatic carbocycles. The SMILES string of the molecule is Cc1noc(C)c1CCNc1ncnc2onc(-c3cccc(Cl)c3)c12. The lowest BCUT2D eigenvalue weighted by Gasteiger charge is -2.07. The number of fused-ring (bicyclic) bond motifs is 1. The highest BCUT2D eigenvalue weighted by atomic mass is 35.5. The molecule has 0 spiro atoms. The third-order valence-corrected chi connectivity index (χ3v) is 4.45. The van der Waals surface area contributed by atoms with Crippen molar-refractivity contribution in [2.45, 2.75) is 20.3 Å². The maximum Gasteiger partial charge on any atom is 0.263 e. The fraction of sp³-hybridized carbons (Fsp3) is 0.222. The molecule has 4 aromatic rings. The van der Waals surface area contributed by atoms with Crippen molar-refractivity contribution in [3.8, 4) is 11.3 Å². The minimum absolute atomic E-state index is 0.426. The van der Waals surface area contributed by atoms with Crippen LogP contribution in [0.3, 0.4) is 0 Å². The van der Waals surface area contributed by atoms with Crippen LogP contribution in [0.2, 0.25) is 5.02 Å². The van der Waals surface area contributed by atoms with Crippen LogP contribution >= 0.6 is 11.6 Å². The van der Waals surface area contributed by atoms with Crippen LogP contribution in [0, 0.1) is 13.8 Å². The van der Waals surface area contributed by atoms with E-state index in [0.717, 1.165) is 34.4 Å².